The standard InChI is InChI=1S/C18H23N5OS/c1-12(2)25-16-7-5-14(6-8-16)13(3)21-17-9-15(10-24-4)22-18-19-11-20-23(17)18/h5-9,11-13,21H,10H2,1-4H3. The zero-order valence-electron chi connectivity index (χ0n) is 14.9. The number of nitrogens with one attached hydrogen (secondary N) is 1. The van der Waals surface area contributed by atoms with Crippen molar-refractivity contribution < 1.29 is 4.74 Å². The van der Waals surface area contributed by atoms with Gasteiger partial charge in [0.05, 0.1) is 12.3 Å². The van der Waals surface area contributed by atoms with E-state index >= 15 is 0 Å². The highest BCUT2D eigenvalue weighted by Crippen LogP contribution is 2.26. The van der Waals surface area contributed by atoms with Crippen LogP contribution in [0.2, 0.25) is 0 Å². The van der Waals surface area contributed by atoms with Gasteiger partial charge in [-0.15, -0.1) is 11.8 Å². The number of hydrogen-bond acceptors (Lipinski definition) is 6. The van der Waals surface area contributed by atoms with Crippen LogP contribution in [0, 0.1) is 0 Å². The Morgan fingerprint density at radius 2 is 1.96 bits per heavy atom. The van der Waals surface area contributed by atoms with E-state index < -0.39 is 0 Å². The van der Waals surface area contributed by atoms with Crippen molar-refractivity contribution in [2.75, 3.05) is 12.4 Å². The first-order valence-electron chi connectivity index (χ1n) is 8.28. The molecule has 132 valence electrons. The van der Waals surface area contributed by atoms with E-state index in [1.165, 1.54) is 16.8 Å². The molecule has 0 spiro atoms. The van der Waals surface area contributed by atoms with E-state index in [1.54, 1.807) is 11.6 Å². The predicted molar refractivity (Wildman–Crippen MR) is 101 cm³/mol. The molecule has 7 heteroatoms. The number of fused-ring (bicyclic) bond motifs is 1. The lowest BCUT2D eigenvalue weighted by molar-refractivity contribution is 0.181. The first kappa shape index (κ1) is 17.7. The van der Waals surface area contributed by atoms with Crippen molar-refractivity contribution in [2.24, 2.45) is 0 Å². The van der Waals surface area contributed by atoms with Crippen LogP contribution >= 0.6 is 11.8 Å². The maximum absolute atomic E-state index is 5.19. The number of aromatic nitrogens is 4. The van der Waals surface area contributed by atoms with Gasteiger partial charge in [0, 0.05) is 29.4 Å². The molecule has 0 saturated carbocycles. The summed E-state index contributed by atoms with van der Waals surface area (Å²) >= 11 is 1.87. The molecule has 0 amide bonds. The average Bonchev–Trinajstić information content (AvgIpc) is 3.04. The van der Waals surface area contributed by atoms with E-state index in [0.717, 1.165) is 11.5 Å². The molecule has 1 unspecified atom stereocenters. The zero-order valence-corrected chi connectivity index (χ0v) is 15.7. The molecule has 0 bridgehead atoms. The van der Waals surface area contributed by atoms with E-state index in [2.05, 4.69) is 65.4 Å². The third-order valence-corrected chi connectivity index (χ3v) is 4.73. The number of anilines is 1. The van der Waals surface area contributed by atoms with Crippen LogP contribution in [0.1, 0.15) is 38.1 Å². The minimum Gasteiger partial charge on any atom is -0.378 e. The summed E-state index contributed by atoms with van der Waals surface area (Å²) in [5, 5.41) is 8.34. The molecule has 1 atom stereocenters. The molecule has 3 rings (SSSR count). The normalized spacial score (nSPS) is 12.7. The summed E-state index contributed by atoms with van der Waals surface area (Å²) in [5.41, 5.74) is 2.04. The highest BCUT2D eigenvalue weighted by atomic mass is 32.2. The Hall–Kier alpha value is -2.12. The van der Waals surface area contributed by atoms with Gasteiger partial charge < -0.3 is 10.1 Å². The van der Waals surface area contributed by atoms with Gasteiger partial charge in [0.15, 0.2) is 0 Å². The fourth-order valence-corrected chi connectivity index (χ4v) is 3.44. The fourth-order valence-electron chi connectivity index (χ4n) is 2.60. The van der Waals surface area contributed by atoms with Crippen LogP contribution in [0.15, 0.2) is 41.6 Å². The monoisotopic (exact) mass is 357 g/mol. The Labute approximate surface area is 152 Å². The second-order valence-electron chi connectivity index (χ2n) is 6.14. The van der Waals surface area contributed by atoms with Gasteiger partial charge in [-0.1, -0.05) is 26.0 Å². The molecular weight excluding hydrogens is 334 g/mol. The van der Waals surface area contributed by atoms with E-state index in [1.807, 2.05) is 17.8 Å². The number of nitrogens with zero attached hydrogens (tertiary/aromatic N) is 4. The summed E-state index contributed by atoms with van der Waals surface area (Å²) in [7, 11) is 1.65. The van der Waals surface area contributed by atoms with Crippen molar-refractivity contribution >= 4 is 23.4 Å². The van der Waals surface area contributed by atoms with Crippen molar-refractivity contribution in [2.45, 2.75) is 43.6 Å². The second-order valence-corrected chi connectivity index (χ2v) is 7.79. The lowest BCUT2D eigenvalue weighted by atomic mass is 10.1. The summed E-state index contributed by atoms with van der Waals surface area (Å²) in [4.78, 5) is 9.90. The molecule has 0 aliphatic carbocycles. The fraction of sp³-hybridized carbons (Fsp3) is 0.389. The van der Waals surface area contributed by atoms with Crippen LogP contribution in [0.3, 0.4) is 0 Å². The number of ether oxygens (including phenoxy) is 1. The molecule has 0 fully saturated rings. The highest BCUT2D eigenvalue weighted by Gasteiger charge is 2.12. The topological polar surface area (TPSA) is 64.3 Å². The van der Waals surface area contributed by atoms with Gasteiger partial charge in [-0.3, -0.25) is 0 Å². The third-order valence-electron chi connectivity index (χ3n) is 3.71. The number of hydrogen-bond donors (Lipinski definition) is 1. The molecule has 3 aromatic rings. The second kappa shape index (κ2) is 7.84. The van der Waals surface area contributed by atoms with Gasteiger partial charge in [0.1, 0.15) is 12.1 Å². The van der Waals surface area contributed by atoms with Crippen LogP contribution in [-0.4, -0.2) is 31.9 Å². The molecule has 2 aromatic heterocycles. The molecule has 2 heterocycles. The van der Waals surface area contributed by atoms with Gasteiger partial charge in [-0.25, -0.2) is 4.98 Å². The van der Waals surface area contributed by atoms with Crippen molar-refractivity contribution in [3.63, 3.8) is 0 Å². The maximum atomic E-state index is 5.19. The Bertz CT molecular complexity index is 831. The van der Waals surface area contributed by atoms with Crippen LogP contribution in [-0.2, 0) is 11.3 Å². The number of benzene rings is 1. The van der Waals surface area contributed by atoms with E-state index in [4.69, 9.17) is 4.74 Å². The van der Waals surface area contributed by atoms with Crippen LogP contribution in [0.4, 0.5) is 5.82 Å². The predicted octanol–water partition coefficient (Wildman–Crippen LogP) is 3.94. The Kier molecular flexibility index (Phi) is 5.55. The molecule has 0 radical (unpaired) electrons. The summed E-state index contributed by atoms with van der Waals surface area (Å²) in [6.45, 7) is 6.97. The smallest absolute Gasteiger partial charge is 0.254 e. The molecule has 1 aromatic carbocycles. The maximum Gasteiger partial charge on any atom is 0.254 e. The van der Waals surface area contributed by atoms with Crippen molar-refractivity contribution in [3.05, 3.63) is 47.9 Å². The summed E-state index contributed by atoms with van der Waals surface area (Å²) in [6, 6.07) is 10.8. The third kappa shape index (κ3) is 4.29. The molecular formula is C18H23N5OS. The SMILES string of the molecule is COCc1cc(NC(C)c2ccc(SC(C)C)cc2)n2ncnc2n1. The first-order valence-corrected chi connectivity index (χ1v) is 9.16. The van der Waals surface area contributed by atoms with Gasteiger partial charge >= 0.3 is 0 Å². The molecule has 0 saturated heterocycles. The van der Waals surface area contributed by atoms with Crippen molar-refractivity contribution in [1.82, 2.24) is 19.6 Å². The summed E-state index contributed by atoms with van der Waals surface area (Å²) < 4.78 is 6.90. The highest BCUT2D eigenvalue weighted by molar-refractivity contribution is 7.99. The lowest BCUT2D eigenvalue weighted by Gasteiger charge is -2.17. The number of methoxy groups -OCH3 is 1. The Balaban J connectivity index is 1.81. The van der Waals surface area contributed by atoms with Crippen molar-refractivity contribution in [1.29, 1.82) is 0 Å². The lowest BCUT2D eigenvalue weighted by Crippen LogP contribution is -2.12. The van der Waals surface area contributed by atoms with Gasteiger partial charge in [0.25, 0.3) is 5.78 Å². The molecule has 25 heavy (non-hydrogen) atoms. The molecule has 6 nitrogen and oxygen atoms in total. The minimum atomic E-state index is 0.128. The van der Waals surface area contributed by atoms with E-state index in [9.17, 15) is 0 Å². The Morgan fingerprint density at radius 3 is 2.64 bits per heavy atom. The van der Waals surface area contributed by atoms with Crippen molar-refractivity contribution in [3.8, 4) is 0 Å². The minimum absolute atomic E-state index is 0.128. The van der Waals surface area contributed by atoms with Crippen LogP contribution in [0.25, 0.3) is 5.78 Å². The van der Waals surface area contributed by atoms with E-state index in [-0.39, 0.29) is 6.04 Å². The summed E-state index contributed by atoms with van der Waals surface area (Å²) in [5.74, 6) is 1.41. The van der Waals surface area contributed by atoms with Gasteiger partial charge in [-0.05, 0) is 24.6 Å². The molecule has 0 aliphatic heterocycles. The Morgan fingerprint density at radius 1 is 1.20 bits per heavy atom. The molecule has 0 aliphatic rings. The average molecular weight is 357 g/mol. The van der Waals surface area contributed by atoms with E-state index in [0.29, 0.717) is 17.6 Å². The molecule has 1 N–H and O–H groups in total. The van der Waals surface area contributed by atoms with Gasteiger partial charge in [-0.2, -0.15) is 14.6 Å². The van der Waals surface area contributed by atoms with Gasteiger partial charge in [0.2, 0.25) is 0 Å². The number of thioether (sulfide) groups is 1. The van der Waals surface area contributed by atoms with Crippen LogP contribution in [0.5, 0.6) is 0 Å². The zero-order chi connectivity index (χ0) is 17.8. The number of rotatable bonds is 7. The first-order chi connectivity index (χ1) is 12.1. The quantitative estimate of drug-likeness (QED) is 0.646. The summed E-state index contributed by atoms with van der Waals surface area (Å²) in [6.07, 6.45) is 1.51. The largest absolute Gasteiger partial charge is 0.378 e. The van der Waals surface area contributed by atoms with Crippen LogP contribution < -0.4 is 5.32 Å².